The highest BCUT2D eigenvalue weighted by molar-refractivity contribution is 7.93. The highest BCUT2D eigenvalue weighted by Crippen LogP contribution is 2.43. The molecule has 0 aromatic carbocycles. The van der Waals surface area contributed by atoms with E-state index in [9.17, 15) is 28.2 Å². The van der Waals surface area contributed by atoms with Gasteiger partial charge in [-0.25, -0.2) is 23.6 Å². The molecule has 3 fully saturated rings. The van der Waals surface area contributed by atoms with E-state index in [2.05, 4.69) is 27.1 Å². The van der Waals surface area contributed by atoms with Gasteiger partial charge in [-0.2, -0.15) is 3.89 Å². The zero-order chi connectivity index (χ0) is 47.2. The Labute approximate surface area is 372 Å². The summed E-state index contributed by atoms with van der Waals surface area (Å²) in [5.74, 6) is 0.181. The molecule has 63 heavy (non-hydrogen) atoms. The van der Waals surface area contributed by atoms with Gasteiger partial charge in [0.05, 0.1) is 42.3 Å². The van der Waals surface area contributed by atoms with E-state index >= 15 is 4.39 Å². The van der Waals surface area contributed by atoms with Gasteiger partial charge in [-0.05, 0) is 73.2 Å². The minimum Gasteiger partial charge on any atom is -0.455 e. The molecule has 0 saturated carbocycles. The van der Waals surface area contributed by atoms with Crippen LogP contribution in [-0.2, 0) is 44.6 Å². The first-order chi connectivity index (χ1) is 29.5. The number of aromatic nitrogens is 4. The van der Waals surface area contributed by atoms with Crippen molar-refractivity contribution < 1.29 is 56.2 Å². The lowest BCUT2D eigenvalue weighted by molar-refractivity contribution is -0.295. The topological polar surface area (TPSA) is 211 Å². The second-order valence-corrected chi connectivity index (χ2v) is 17.6. The van der Waals surface area contributed by atoms with Crippen LogP contribution < -0.4 is 5.73 Å². The Kier molecular flexibility index (Phi) is 17.3. The molecule has 3 N–H and O–H groups in total. The second kappa shape index (κ2) is 21.2. The maximum atomic E-state index is 16.9. The van der Waals surface area contributed by atoms with Gasteiger partial charge in [-0.1, -0.05) is 50.8 Å². The lowest BCUT2D eigenvalue weighted by atomic mass is 9.73. The quantitative estimate of drug-likeness (QED) is 0.213. The van der Waals surface area contributed by atoms with E-state index in [-0.39, 0.29) is 56.0 Å². The number of nitrogen functional groups attached to an aromatic ring is 1. The van der Waals surface area contributed by atoms with Crippen LogP contribution in [-0.4, -0.2) is 152 Å². The number of ketones is 2. The maximum absolute atomic E-state index is 16.9. The minimum atomic E-state index is -3.21. The van der Waals surface area contributed by atoms with E-state index in [4.69, 9.17) is 29.4 Å². The number of Topliss-reactive ketones (excluding diaryl/α,β-unsaturated/α-hetero) is 2. The molecule has 3 unspecified atom stereocenters. The number of pyridine rings is 1. The SMILES string of the molecule is CC[C@H]1OC(=O)[C@@](C)(F)C(=O)[C@H](C)[C@@H](O[C@@H]2OC(C)CC(N(C)C)C2O)[C@](C)(OC)C[C@@H](C)C(=O)[C@H](C)[C@H]2N(CC#CCn3cc(-c4cccc(N)n4)nn3)C(=O)O[C@]12C.CSF. The number of likely N-dealkylation sites (N-methyl/N-ethyl adjacent to an activating group) is 1. The molecule has 3 aliphatic heterocycles. The number of rotatable bonds is 8. The predicted octanol–water partition coefficient (Wildman–Crippen LogP) is 4.46. The Bertz CT molecular complexity index is 2000. The van der Waals surface area contributed by atoms with E-state index in [1.165, 1.54) is 36.8 Å². The lowest BCUT2D eigenvalue weighted by Gasteiger charge is -2.47. The first-order valence-electron chi connectivity index (χ1n) is 20.9. The maximum Gasteiger partial charge on any atom is 0.411 e. The molecule has 2 aromatic heterocycles. The highest BCUT2D eigenvalue weighted by Gasteiger charge is 2.61. The standard InChI is InChI=1S/C42H60FN7O10.CH3FS/c1-12-30-42(8)34(50(39(55)60-42)19-14-13-18-49-22-28(46-47-49)27-16-15-17-31(44)45-27)25(4)32(51)23(2)21-40(6,56-11)36(26(5)35(53)41(7,43)38(54)58-30)59-37-33(52)29(48(9)10)20-24(3)57-37;1-3-2/h15-17,22-26,29-30,33-34,36-37,52H,12,18-21H2,1-11H3,(H2,44,45);1H3/t23-,24?,25+,26+,29?,30-,33?,34-,36-,37+,40-,41+,42-;/m1./s1. The third-order valence-corrected chi connectivity index (χ3v) is 12.4. The summed E-state index contributed by atoms with van der Waals surface area (Å²) >= 11 is 0.250. The average Bonchev–Trinajstić information content (AvgIpc) is 3.81. The number of hydrogen-bond acceptors (Lipinski definition) is 16. The number of nitrogens with two attached hydrogens (primary N) is 1. The van der Waals surface area contributed by atoms with Crippen LogP contribution in [0.4, 0.5) is 18.9 Å². The second-order valence-electron chi connectivity index (χ2n) is 17.3. The summed E-state index contributed by atoms with van der Waals surface area (Å²) < 4.78 is 59.0. The minimum absolute atomic E-state index is 0.0357. The number of aliphatic hydroxyl groups is 1. The van der Waals surface area contributed by atoms with Crippen LogP contribution in [0.3, 0.4) is 0 Å². The molecule has 5 heterocycles. The number of fused-ring (bicyclic) bond motifs is 1. The molecule has 0 spiro atoms. The number of ether oxygens (including phenoxy) is 5. The van der Waals surface area contributed by atoms with Crippen molar-refractivity contribution in [2.45, 2.75) is 141 Å². The molecule has 13 atom stereocenters. The van der Waals surface area contributed by atoms with Gasteiger partial charge in [0.1, 0.15) is 36.0 Å². The Morgan fingerprint density at radius 2 is 1.71 bits per heavy atom. The van der Waals surface area contributed by atoms with Gasteiger partial charge >= 0.3 is 12.1 Å². The summed E-state index contributed by atoms with van der Waals surface area (Å²) in [6.45, 7) is 12.1. The summed E-state index contributed by atoms with van der Waals surface area (Å²) in [6, 6.07) is 3.72. The van der Waals surface area contributed by atoms with Gasteiger partial charge in [0.15, 0.2) is 17.7 Å². The number of cyclic esters (lactones) is 1. The van der Waals surface area contributed by atoms with Crippen molar-refractivity contribution in [1.29, 1.82) is 0 Å². The van der Waals surface area contributed by atoms with Crippen LogP contribution in [0.15, 0.2) is 24.4 Å². The zero-order valence-electron chi connectivity index (χ0n) is 38.2. The number of halogens is 2. The molecule has 3 saturated heterocycles. The van der Waals surface area contributed by atoms with Gasteiger partial charge in [0, 0.05) is 49.3 Å². The summed E-state index contributed by atoms with van der Waals surface area (Å²) in [7, 11) is 5.00. The van der Waals surface area contributed by atoms with E-state index < -0.39 is 83.1 Å². The predicted molar refractivity (Wildman–Crippen MR) is 230 cm³/mol. The lowest BCUT2D eigenvalue weighted by Crippen LogP contribution is -2.61. The molecule has 5 rings (SSSR count). The summed E-state index contributed by atoms with van der Waals surface area (Å²) in [5.41, 5.74) is 0.449. The number of carbonyl (C=O) groups excluding carboxylic acids is 4. The molecular formula is C43H63F2N7O10S. The number of carbonyl (C=O) groups is 4. The van der Waals surface area contributed by atoms with E-state index in [1.54, 1.807) is 52.1 Å². The third kappa shape index (κ3) is 11.2. The van der Waals surface area contributed by atoms with Crippen molar-refractivity contribution in [2.75, 3.05) is 39.7 Å². The van der Waals surface area contributed by atoms with Gasteiger partial charge in [0.2, 0.25) is 0 Å². The summed E-state index contributed by atoms with van der Waals surface area (Å²) in [6.07, 6.45) is -2.74. The molecule has 0 bridgehead atoms. The molecule has 2 aromatic rings. The first-order valence-corrected chi connectivity index (χ1v) is 22.0. The number of alkyl halides is 1. The fourth-order valence-electron chi connectivity index (χ4n) is 9.01. The monoisotopic (exact) mass is 907 g/mol. The van der Waals surface area contributed by atoms with Gasteiger partial charge in [-0.15, -0.1) is 5.10 Å². The Morgan fingerprint density at radius 1 is 1.06 bits per heavy atom. The number of methoxy groups -OCH3 is 1. The number of aliphatic hydroxyl groups excluding tert-OH is 1. The number of hydrogen-bond donors (Lipinski definition) is 2. The number of nitrogens with zero attached hydrogens (tertiary/aromatic N) is 6. The Balaban J connectivity index is 0.00000282. The smallest absolute Gasteiger partial charge is 0.411 e. The molecule has 20 heteroatoms. The number of anilines is 1. The highest BCUT2D eigenvalue weighted by atomic mass is 32.2. The van der Waals surface area contributed by atoms with Crippen LogP contribution in [0.25, 0.3) is 11.4 Å². The van der Waals surface area contributed by atoms with Crippen LogP contribution in [0.5, 0.6) is 0 Å². The van der Waals surface area contributed by atoms with Crippen molar-refractivity contribution in [3.8, 4) is 23.2 Å². The van der Waals surface area contributed by atoms with Crippen molar-refractivity contribution in [1.82, 2.24) is 29.8 Å². The van der Waals surface area contributed by atoms with Crippen molar-refractivity contribution in [2.24, 2.45) is 17.8 Å². The molecule has 0 radical (unpaired) electrons. The zero-order valence-corrected chi connectivity index (χ0v) is 39.0. The van der Waals surface area contributed by atoms with Crippen molar-refractivity contribution in [3.63, 3.8) is 0 Å². The van der Waals surface area contributed by atoms with E-state index in [0.717, 1.165) is 6.92 Å². The van der Waals surface area contributed by atoms with Gasteiger partial charge in [-0.3, -0.25) is 14.5 Å². The van der Waals surface area contributed by atoms with Crippen LogP contribution in [0.1, 0.15) is 74.7 Å². The summed E-state index contributed by atoms with van der Waals surface area (Å²) in [5, 5.41) is 19.6. The molecule has 1 amide bonds. The first kappa shape index (κ1) is 51.4. The van der Waals surface area contributed by atoms with Crippen molar-refractivity contribution in [3.05, 3.63) is 24.4 Å². The average molecular weight is 908 g/mol. The van der Waals surface area contributed by atoms with E-state index in [0.29, 0.717) is 23.6 Å². The molecule has 3 aliphatic rings. The third-order valence-electron chi connectivity index (χ3n) is 12.4. The van der Waals surface area contributed by atoms with Crippen LogP contribution in [0.2, 0.25) is 0 Å². The van der Waals surface area contributed by atoms with Gasteiger partial charge in [0.25, 0.3) is 5.67 Å². The molecule has 350 valence electrons. The molecule has 0 aliphatic carbocycles. The largest absolute Gasteiger partial charge is 0.455 e. The van der Waals surface area contributed by atoms with Gasteiger partial charge < -0.3 is 39.4 Å². The van der Waals surface area contributed by atoms with Crippen LogP contribution >= 0.6 is 12.1 Å². The summed E-state index contributed by atoms with van der Waals surface area (Å²) in [4.78, 5) is 64.0. The van der Waals surface area contributed by atoms with Crippen LogP contribution in [0, 0.1) is 29.6 Å². The Hall–Kier alpha value is -4.26. The number of esters is 1. The normalized spacial score (nSPS) is 35.4. The number of amides is 1. The fourth-order valence-corrected chi connectivity index (χ4v) is 9.01. The fraction of sp³-hybridized carbons (Fsp3) is 0.698. The van der Waals surface area contributed by atoms with Crippen molar-refractivity contribution >= 4 is 41.6 Å². The molecule has 17 nitrogen and oxygen atoms in total. The van der Waals surface area contributed by atoms with E-state index in [1.807, 2.05) is 25.9 Å². The Morgan fingerprint density at radius 3 is 2.32 bits per heavy atom. The molecular weight excluding hydrogens is 845 g/mol.